The zero-order chi connectivity index (χ0) is 27.2. The Morgan fingerprint density at radius 2 is 1.84 bits per heavy atom. The zero-order valence-corrected chi connectivity index (χ0v) is 23.0. The van der Waals surface area contributed by atoms with Crippen LogP contribution in [0.2, 0.25) is 0 Å². The van der Waals surface area contributed by atoms with E-state index < -0.39 is 12.3 Å². The number of halogens is 4. The van der Waals surface area contributed by atoms with E-state index in [-0.39, 0.29) is 29.7 Å². The summed E-state index contributed by atoms with van der Waals surface area (Å²) < 4.78 is 50.0. The second-order valence-corrected chi connectivity index (χ2v) is 10.8. The molecule has 0 spiro atoms. The molecule has 3 aromatic rings. The molecule has 0 amide bonds. The Labute approximate surface area is 231 Å². The van der Waals surface area contributed by atoms with Gasteiger partial charge in [0.2, 0.25) is 0 Å². The quantitative estimate of drug-likeness (QED) is 0.170. The van der Waals surface area contributed by atoms with Crippen molar-refractivity contribution in [3.63, 3.8) is 0 Å². The first kappa shape index (κ1) is 27.0. The minimum Gasteiger partial charge on any atom is -0.506 e. The highest BCUT2D eigenvalue weighted by molar-refractivity contribution is 9.10. The summed E-state index contributed by atoms with van der Waals surface area (Å²) >= 11 is 9.38. The molecule has 0 bridgehead atoms. The maximum absolute atomic E-state index is 13.5. The van der Waals surface area contributed by atoms with Gasteiger partial charge in [0.1, 0.15) is 11.5 Å². The highest BCUT2D eigenvalue weighted by Crippen LogP contribution is 2.47. The summed E-state index contributed by atoms with van der Waals surface area (Å²) in [7, 11) is 0. The van der Waals surface area contributed by atoms with Crippen LogP contribution < -0.4 is 4.74 Å². The number of likely N-dealkylation sites (tertiary alicyclic amines) is 1. The van der Waals surface area contributed by atoms with Crippen molar-refractivity contribution in [2.24, 2.45) is 0 Å². The fourth-order valence-corrected chi connectivity index (χ4v) is 5.90. The second kappa shape index (κ2) is 10.5. The number of fused-ring (bicyclic) bond motifs is 1. The first-order valence-corrected chi connectivity index (χ1v) is 13.7. The molecule has 2 fully saturated rings. The molecule has 1 N–H and O–H groups in total. The van der Waals surface area contributed by atoms with Gasteiger partial charge in [-0.25, -0.2) is 4.79 Å². The number of phenols is 1. The van der Waals surface area contributed by atoms with Crippen LogP contribution in [0, 0.1) is 0 Å². The van der Waals surface area contributed by atoms with Gasteiger partial charge in [-0.2, -0.15) is 0 Å². The molecule has 2 aromatic carbocycles. The van der Waals surface area contributed by atoms with Crippen molar-refractivity contribution in [3.05, 3.63) is 57.2 Å². The average Bonchev–Trinajstić information content (AvgIpc) is 3.45. The molecule has 1 aliphatic heterocycles. The van der Waals surface area contributed by atoms with Crippen molar-refractivity contribution in [1.29, 1.82) is 0 Å². The molecule has 5 rings (SSSR count). The fourth-order valence-electron chi connectivity index (χ4n) is 5.11. The largest absolute Gasteiger partial charge is 0.573 e. The van der Waals surface area contributed by atoms with Crippen LogP contribution in [0.3, 0.4) is 0 Å². The Morgan fingerprint density at radius 3 is 2.42 bits per heavy atom. The number of hydrogen-bond acceptors (Lipinski definition) is 6. The maximum atomic E-state index is 13.5. The maximum Gasteiger partial charge on any atom is 0.573 e. The molecule has 202 valence electrons. The Hall–Kier alpha value is -2.63. The Bertz CT molecular complexity index is 1390. The third-order valence-corrected chi connectivity index (χ3v) is 7.89. The summed E-state index contributed by atoms with van der Waals surface area (Å²) in [4.78, 5) is 16.1. The summed E-state index contributed by atoms with van der Waals surface area (Å²) in [5, 5.41) is 11.7. The molecule has 11 heteroatoms. The van der Waals surface area contributed by atoms with Crippen molar-refractivity contribution in [2.75, 3.05) is 19.7 Å². The average molecular weight is 611 g/mol. The van der Waals surface area contributed by atoms with Crippen molar-refractivity contribution in [1.82, 2.24) is 9.47 Å². The normalized spacial score (nSPS) is 16.2. The summed E-state index contributed by atoms with van der Waals surface area (Å²) in [5.41, 5.74) is 2.58. The number of thiocarbonyl (C=S) groups is 1. The lowest BCUT2D eigenvalue weighted by Gasteiger charge is -2.18. The standard InChI is InChI=1S/C27H26BrF3N2O4S/c1-2-36-26(35)22-21-18(14-32-11-3-4-12-32)24(34)19(28)13-20(21)33(16-7-8-16)23(22)25(38)15-5-9-17(10-6-15)37-27(29,30)31/h5-6,9-10,13,16,34H,2-4,7-8,11-12,14H2,1H3. The van der Waals surface area contributed by atoms with Crippen molar-refractivity contribution >= 4 is 49.9 Å². The van der Waals surface area contributed by atoms with E-state index in [0.29, 0.717) is 38.1 Å². The van der Waals surface area contributed by atoms with E-state index in [2.05, 4.69) is 25.6 Å². The summed E-state index contributed by atoms with van der Waals surface area (Å²) in [5.74, 6) is -0.858. The Kier molecular flexibility index (Phi) is 7.45. The molecular formula is C27H26BrF3N2O4S. The lowest BCUT2D eigenvalue weighted by molar-refractivity contribution is -0.274. The van der Waals surface area contributed by atoms with Crippen LogP contribution in [0.15, 0.2) is 34.8 Å². The van der Waals surface area contributed by atoms with Crippen LogP contribution in [0.4, 0.5) is 13.2 Å². The van der Waals surface area contributed by atoms with E-state index in [4.69, 9.17) is 17.0 Å². The molecule has 1 aliphatic carbocycles. The predicted octanol–water partition coefficient (Wildman–Crippen LogP) is 6.88. The fraction of sp³-hybridized carbons (Fsp3) is 0.407. The number of esters is 1. The Morgan fingerprint density at radius 1 is 1.18 bits per heavy atom. The van der Waals surface area contributed by atoms with Gasteiger partial charge in [-0.05, 0) is 97.5 Å². The number of alkyl halides is 3. The molecule has 1 saturated carbocycles. The van der Waals surface area contributed by atoms with Gasteiger partial charge in [-0.15, -0.1) is 13.2 Å². The monoisotopic (exact) mass is 610 g/mol. The lowest BCUT2D eigenvalue weighted by atomic mass is 10.00. The molecule has 1 saturated heterocycles. The van der Waals surface area contributed by atoms with Gasteiger partial charge in [0.15, 0.2) is 0 Å². The number of carbonyl (C=O) groups is 1. The van der Waals surface area contributed by atoms with Gasteiger partial charge in [0, 0.05) is 23.5 Å². The predicted molar refractivity (Wildman–Crippen MR) is 144 cm³/mol. The third kappa shape index (κ3) is 5.28. The first-order valence-electron chi connectivity index (χ1n) is 12.5. The van der Waals surface area contributed by atoms with Crippen LogP contribution >= 0.6 is 28.1 Å². The van der Waals surface area contributed by atoms with Gasteiger partial charge in [0.25, 0.3) is 0 Å². The molecule has 0 radical (unpaired) electrons. The summed E-state index contributed by atoms with van der Waals surface area (Å²) in [6.07, 6.45) is -0.900. The molecule has 38 heavy (non-hydrogen) atoms. The molecule has 0 unspecified atom stereocenters. The zero-order valence-electron chi connectivity index (χ0n) is 20.6. The van der Waals surface area contributed by atoms with Crippen LogP contribution in [0.25, 0.3) is 10.9 Å². The number of aromatic nitrogens is 1. The van der Waals surface area contributed by atoms with E-state index >= 15 is 0 Å². The molecule has 0 atom stereocenters. The first-order chi connectivity index (χ1) is 18.1. The van der Waals surface area contributed by atoms with E-state index in [0.717, 1.165) is 44.3 Å². The van der Waals surface area contributed by atoms with Gasteiger partial charge in [-0.1, -0.05) is 12.2 Å². The molecular weight excluding hydrogens is 585 g/mol. The number of hydrogen-bond donors (Lipinski definition) is 1. The number of phenolic OH excluding ortho intramolecular Hbond substituents is 1. The third-order valence-electron chi connectivity index (χ3n) is 6.86. The SMILES string of the molecule is CCOC(=O)c1c(C(=S)c2ccc(OC(F)(F)F)cc2)n(C2CC2)c2cc(Br)c(O)c(CN3CCCC3)c12. The topological polar surface area (TPSA) is 63.9 Å². The van der Waals surface area contributed by atoms with Crippen molar-refractivity contribution in [2.45, 2.75) is 51.6 Å². The van der Waals surface area contributed by atoms with Gasteiger partial charge >= 0.3 is 12.3 Å². The van der Waals surface area contributed by atoms with E-state index in [1.807, 2.05) is 4.57 Å². The minimum atomic E-state index is -4.81. The number of ether oxygens (including phenoxy) is 2. The minimum absolute atomic E-state index is 0.0639. The highest BCUT2D eigenvalue weighted by atomic mass is 79.9. The van der Waals surface area contributed by atoms with Crippen LogP contribution in [-0.4, -0.2) is 51.5 Å². The van der Waals surface area contributed by atoms with Crippen LogP contribution in [-0.2, 0) is 11.3 Å². The lowest BCUT2D eigenvalue weighted by Crippen LogP contribution is -2.19. The molecule has 2 aliphatic rings. The number of nitrogens with zero attached hydrogens (tertiary/aromatic N) is 2. The van der Waals surface area contributed by atoms with Gasteiger partial charge < -0.3 is 19.1 Å². The summed E-state index contributed by atoms with van der Waals surface area (Å²) in [6, 6.07) is 7.19. The van der Waals surface area contributed by atoms with Crippen molar-refractivity contribution < 1.29 is 32.5 Å². The molecule has 2 heterocycles. The number of benzene rings is 2. The second-order valence-electron chi connectivity index (χ2n) is 9.51. The van der Waals surface area contributed by atoms with Gasteiger partial charge in [0.05, 0.1) is 32.7 Å². The number of aromatic hydroxyl groups is 1. The molecule has 6 nitrogen and oxygen atoms in total. The molecule has 1 aromatic heterocycles. The highest BCUT2D eigenvalue weighted by Gasteiger charge is 2.37. The van der Waals surface area contributed by atoms with E-state index in [1.165, 1.54) is 24.3 Å². The smallest absolute Gasteiger partial charge is 0.506 e. The van der Waals surface area contributed by atoms with Crippen molar-refractivity contribution in [3.8, 4) is 11.5 Å². The Balaban J connectivity index is 1.71. The van der Waals surface area contributed by atoms with Crippen LogP contribution in [0.1, 0.15) is 65.8 Å². The van der Waals surface area contributed by atoms with Gasteiger partial charge in [-0.3, -0.25) is 4.90 Å². The number of carbonyl (C=O) groups excluding carboxylic acids is 1. The number of rotatable bonds is 8. The van der Waals surface area contributed by atoms with Crippen LogP contribution in [0.5, 0.6) is 11.5 Å². The van der Waals surface area contributed by atoms with E-state index in [1.54, 1.807) is 13.0 Å². The summed E-state index contributed by atoms with van der Waals surface area (Å²) in [6.45, 7) is 4.11. The van der Waals surface area contributed by atoms with E-state index in [9.17, 15) is 23.1 Å².